The van der Waals surface area contributed by atoms with E-state index in [9.17, 15) is 24.3 Å². The van der Waals surface area contributed by atoms with Gasteiger partial charge < -0.3 is 25.2 Å². The van der Waals surface area contributed by atoms with E-state index in [0.29, 0.717) is 18.5 Å². The number of nitrogens with one attached hydrogen (secondary N) is 2. The van der Waals surface area contributed by atoms with Gasteiger partial charge in [0.2, 0.25) is 0 Å². The van der Waals surface area contributed by atoms with Crippen LogP contribution in [0.15, 0.2) is 60.7 Å². The predicted octanol–water partition coefficient (Wildman–Crippen LogP) is 3.75. The van der Waals surface area contributed by atoms with Crippen LogP contribution in [0.5, 0.6) is 0 Å². The van der Waals surface area contributed by atoms with Gasteiger partial charge in [0, 0.05) is 12.5 Å². The number of ether oxygens (including phenoxy) is 2. The zero-order valence-corrected chi connectivity index (χ0v) is 25.7. The first-order valence-electron chi connectivity index (χ1n) is 14.9. The van der Waals surface area contributed by atoms with Crippen molar-refractivity contribution in [3.63, 3.8) is 0 Å². The number of hydrogen-bond acceptors (Lipinski definition) is 8. The van der Waals surface area contributed by atoms with Gasteiger partial charge in [0.05, 0.1) is 0 Å². The van der Waals surface area contributed by atoms with E-state index in [4.69, 9.17) is 9.47 Å². The van der Waals surface area contributed by atoms with Crippen LogP contribution in [-0.2, 0) is 36.9 Å². The number of amides is 3. The van der Waals surface area contributed by atoms with Gasteiger partial charge in [0.15, 0.2) is 0 Å². The maximum absolute atomic E-state index is 14.4. The number of alkyl carbamates (subject to hydrolysis) is 1. The molecular weight excluding hydrogens is 550 g/mol. The van der Waals surface area contributed by atoms with E-state index in [1.807, 2.05) is 38.1 Å². The Balaban J connectivity index is 1.98. The predicted molar refractivity (Wildman–Crippen MR) is 162 cm³/mol. The molecule has 1 saturated heterocycles. The number of aliphatic hydroxyl groups excluding tert-OH is 1. The molecule has 1 aliphatic heterocycles. The third-order valence-corrected chi connectivity index (χ3v) is 6.98. The fraction of sp³-hybridized carbons (Fsp3) is 0.515. The van der Waals surface area contributed by atoms with E-state index in [2.05, 4.69) is 10.6 Å². The molecular formula is C33H45N3O7. The maximum atomic E-state index is 14.4. The Bertz CT molecular complexity index is 1210. The van der Waals surface area contributed by atoms with Gasteiger partial charge in [0.25, 0.3) is 11.8 Å². The molecule has 1 heterocycles. The monoisotopic (exact) mass is 595 g/mol. The first kappa shape index (κ1) is 33.7. The van der Waals surface area contributed by atoms with Crippen LogP contribution < -0.4 is 10.6 Å². The molecule has 3 amide bonds. The molecule has 3 rings (SSSR count). The fourth-order valence-corrected chi connectivity index (χ4v) is 4.96. The van der Waals surface area contributed by atoms with E-state index in [1.165, 1.54) is 0 Å². The number of imide groups is 1. The van der Waals surface area contributed by atoms with Crippen LogP contribution in [0.2, 0.25) is 0 Å². The van der Waals surface area contributed by atoms with Gasteiger partial charge in [0.1, 0.15) is 30.4 Å². The summed E-state index contributed by atoms with van der Waals surface area (Å²) in [6.45, 7) is 9.42. The number of nitrogens with zero attached hydrogens (tertiary/aromatic N) is 1. The molecule has 234 valence electrons. The molecule has 1 aliphatic rings. The summed E-state index contributed by atoms with van der Waals surface area (Å²) in [4.78, 5) is 55.8. The van der Waals surface area contributed by atoms with E-state index < -0.39 is 53.7 Å². The highest BCUT2D eigenvalue weighted by molar-refractivity contribution is 6.04. The Hall–Kier alpha value is -3.76. The lowest BCUT2D eigenvalue weighted by molar-refractivity contribution is -0.172. The number of hydrogen-bond donors (Lipinski definition) is 3. The number of benzene rings is 2. The molecule has 2 aromatic carbocycles. The molecule has 4 unspecified atom stereocenters. The van der Waals surface area contributed by atoms with Gasteiger partial charge >= 0.3 is 12.1 Å². The average Bonchev–Trinajstić information content (AvgIpc) is 3.50. The highest BCUT2D eigenvalue weighted by Gasteiger charge is 2.44. The Labute approximate surface area is 254 Å². The smallest absolute Gasteiger partial charge is 0.408 e. The molecule has 0 spiro atoms. The minimum atomic E-state index is -1.58. The van der Waals surface area contributed by atoms with Crippen LogP contribution in [0.25, 0.3) is 0 Å². The summed E-state index contributed by atoms with van der Waals surface area (Å²) in [5, 5.41) is 16.8. The molecule has 0 aromatic heterocycles. The second kappa shape index (κ2) is 15.6. The molecule has 3 N–H and O–H groups in total. The second-order valence-corrected chi connectivity index (χ2v) is 12.3. The molecule has 0 saturated carbocycles. The quantitative estimate of drug-likeness (QED) is 0.316. The van der Waals surface area contributed by atoms with Gasteiger partial charge in [-0.25, -0.2) is 9.59 Å². The zero-order chi connectivity index (χ0) is 31.6. The summed E-state index contributed by atoms with van der Waals surface area (Å²) in [5.74, 6) is -2.63. The maximum Gasteiger partial charge on any atom is 0.408 e. The van der Waals surface area contributed by atoms with Crippen molar-refractivity contribution in [1.29, 1.82) is 0 Å². The molecule has 4 atom stereocenters. The van der Waals surface area contributed by atoms with E-state index in [0.717, 1.165) is 16.9 Å². The van der Waals surface area contributed by atoms with Gasteiger partial charge in [-0.05, 0) is 63.6 Å². The minimum absolute atomic E-state index is 0.0182. The first-order chi connectivity index (χ1) is 20.4. The Morgan fingerprint density at radius 3 is 2.12 bits per heavy atom. The average molecular weight is 596 g/mol. The highest BCUT2D eigenvalue weighted by atomic mass is 16.6. The lowest BCUT2D eigenvalue weighted by Crippen LogP contribution is -2.61. The van der Waals surface area contributed by atoms with Crippen molar-refractivity contribution in [2.24, 2.45) is 5.92 Å². The van der Waals surface area contributed by atoms with Crippen LogP contribution in [0.4, 0.5) is 4.79 Å². The summed E-state index contributed by atoms with van der Waals surface area (Å²) >= 11 is 0. The third-order valence-electron chi connectivity index (χ3n) is 6.98. The van der Waals surface area contributed by atoms with Gasteiger partial charge in [-0.3, -0.25) is 14.5 Å². The standard InChI is InChI=1S/C33H45N3O7/c1-22(2)19-27(31(40)43-33(3,4)5)36(30(39)28(37)25-17-12-18-34-25)29(38)26(20-23-13-8-6-9-14-23)35-32(41)42-21-24-15-10-7-11-16-24/h6-11,13-16,22,25-28,34,37H,12,17-21H2,1-5H3,(H,35,41). The number of rotatable bonds is 12. The third kappa shape index (κ3) is 10.5. The summed E-state index contributed by atoms with van der Waals surface area (Å²) < 4.78 is 11.1. The van der Waals surface area contributed by atoms with Crippen LogP contribution >= 0.6 is 0 Å². The van der Waals surface area contributed by atoms with E-state index in [-0.39, 0.29) is 25.4 Å². The molecule has 0 aliphatic carbocycles. The summed E-state index contributed by atoms with van der Waals surface area (Å²) in [5.41, 5.74) is 0.584. The Morgan fingerprint density at radius 2 is 1.58 bits per heavy atom. The van der Waals surface area contributed by atoms with Crippen molar-refractivity contribution < 1.29 is 33.8 Å². The van der Waals surface area contributed by atoms with Crippen molar-refractivity contribution in [3.8, 4) is 0 Å². The molecule has 2 aromatic rings. The van der Waals surface area contributed by atoms with Crippen LogP contribution in [-0.4, -0.2) is 70.3 Å². The van der Waals surface area contributed by atoms with Gasteiger partial charge in [-0.2, -0.15) is 0 Å². The number of carbonyl (C=O) groups is 4. The number of esters is 1. The molecule has 0 radical (unpaired) electrons. The largest absolute Gasteiger partial charge is 0.458 e. The summed E-state index contributed by atoms with van der Waals surface area (Å²) in [6.07, 6.45) is -1.02. The lowest BCUT2D eigenvalue weighted by Gasteiger charge is -2.36. The van der Waals surface area contributed by atoms with Crippen molar-refractivity contribution >= 4 is 23.9 Å². The normalized spacial score (nSPS) is 17.0. The van der Waals surface area contributed by atoms with Crippen LogP contribution in [0, 0.1) is 5.92 Å². The Morgan fingerprint density at radius 1 is 0.977 bits per heavy atom. The second-order valence-electron chi connectivity index (χ2n) is 12.3. The van der Waals surface area contributed by atoms with Crippen molar-refractivity contribution in [3.05, 3.63) is 71.8 Å². The van der Waals surface area contributed by atoms with Gasteiger partial charge in [-0.15, -0.1) is 0 Å². The first-order valence-corrected chi connectivity index (χ1v) is 14.9. The number of aliphatic hydroxyl groups is 1. The summed E-state index contributed by atoms with van der Waals surface area (Å²) in [7, 11) is 0. The summed E-state index contributed by atoms with van der Waals surface area (Å²) in [6, 6.07) is 14.9. The topological polar surface area (TPSA) is 134 Å². The molecule has 0 bridgehead atoms. The van der Waals surface area contributed by atoms with Crippen molar-refractivity contribution in [2.75, 3.05) is 6.54 Å². The SMILES string of the molecule is CC(C)CC(C(=O)OC(C)(C)C)N(C(=O)C(Cc1ccccc1)NC(=O)OCc1ccccc1)C(=O)C(O)C1CCCN1. The Kier molecular flexibility index (Phi) is 12.3. The number of carbonyl (C=O) groups excluding carboxylic acids is 4. The van der Waals surface area contributed by atoms with Crippen molar-refractivity contribution in [2.45, 2.75) is 96.7 Å². The van der Waals surface area contributed by atoms with Crippen LogP contribution in [0.3, 0.4) is 0 Å². The van der Waals surface area contributed by atoms with E-state index >= 15 is 0 Å². The molecule has 10 heteroatoms. The van der Waals surface area contributed by atoms with E-state index in [1.54, 1.807) is 57.2 Å². The highest BCUT2D eigenvalue weighted by Crippen LogP contribution is 2.22. The lowest BCUT2D eigenvalue weighted by atomic mass is 9.97. The zero-order valence-electron chi connectivity index (χ0n) is 25.7. The molecule has 10 nitrogen and oxygen atoms in total. The molecule has 1 fully saturated rings. The minimum Gasteiger partial charge on any atom is -0.458 e. The fourth-order valence-electron chi connectivity index (χ4n) is 4.96. The van der Waals surface area contributed by atoms with Gasteiger partial charge in [-0.1, -0.05) is 74.5 Å². The van der Waals surface area contributed by atoms with Crippen LogP contribution in [0.1, 0.15) is 65.0 Å². The molecule has 43 heavy (non-hydrogen) atoms. The van der Waals surface area contributed by atoms with Crippen molar-refractivity contribution in [1.82, 2.24) is 15.5 Å².